The van der Waals surface area contributed by atoms with Gasteiger partial charge in [0.1, 0.15) is 5.78 Å². The molecule has 0 aromatic rings. The summed E-state index contributed by atoms with van der Waals surface area (Å²) in [4.78, 5) is 12.9. The summed E-state index contributed by atoms with van der Waals surface area (Å²) in [6.45, 7) is 6.09. The molecule has 4 aliphatic carbocycles. The van der Waals surface area contributed by atoms with E-state index in [-0.39, 0.29) is 5.41 Å². The monoisotopic (exact) mass is 261 g/mol. The average Bonchev–Trinajstić information content (AvgIpc) is 2.30. The van der Waals surface area contributed by atoms with Gasteiger partial charge in [0, 0.05) is 24.4 Å². The van der Waals surface area contributed by atoms with Crippen LogP contribution in [0.25, 0.3) is 0 Å². The van der Waals surface area contributed by atoms with E-state index < -0.39 is 0 Å². The van der Waals surface area contributed by atoms with Crippen LogP contribution in [0.15, 0.2) is 0 Å². The van der Waals surface area contributed by atoms with E-state index in [9.17, 15) is 4.79 Å². The van der Waals surface area contributed by atoms with Crippen LogP contribution in [0.4, 0.5) is 0 Å². The molecule has 0 aromatic heterocycles. The highest BCUT2D eigenvalue weighted by atomic mass is 16.1. The fraction of sp³-hybridized carbons (Fsp3) is 0.941. The highest BCUT2D eigenvalue weighted by molar-refractivity contribution is 5.88. The third-order valence-electron chi connectivity index (χ3n) is 6.72. The second-order valence-electron chi connectivity index (χ2n) is 8.71. The van der Waals surface area contributed by atoms with Gasteiger partial charge in [0.05, 0.1) is 0 Å². The van der Waals surface area contributed by atoms with Gasteiger partial charge < -0.3 is 5.32 Å². The molecule has 5 aliphatic rings. The molecule has 0 radical (unpaired) electrons. The molecule has 1 N–H and O–H groups in total. The van der Waals surface area contributed by atoms with Crippen molar-refractivity contribution in [1.82, 2.24) is 5.32 Å². The van der Waals surface area contributed by atoms with Crippen molar-refractivity contribution in [3.05, 3.63) is 0 Å². The fourth-order valence-corrected chi connectivity index (χ4v) is 6.28. The van der Waals surface area contributed by atoms with Gasteiger partial charge in [-0.25, -0.2) is 0 Å². The summed E-state index contributed by atoms with van der Waals surface area (Å²) in [6.07, 6.45) is 8.47. The van der Waals surface area contributed by atoms with E-state index in [1.54, 1.807) is 0 Å². The van der Waals surface area contributed by atoms with Crippen molar-refractivity contribution in [2.24, 2.45) is 34.5 Å². The van der Waals surface area contributed by atoms with Gasteiger partial charge >= 0.3 is 0 Å². The van der Waals surface area contributed by atoms with Gasteiger partial charge in [-0.1, -0.05) is 13.8 Å². The van der Waals surface area contributed by atoms with Crippen LogP contribution in [0.1, 0.15) is 52.4 Å². The zero-order valence-electron chi connectivity index (χ0n) is 12.4. The normalized spacial score (nSPS) is 51.6. The molecule has 1 atom stereocenters. The fourth-order valence-electron chi connectivity index (χ4n) is 6.28. The van der Waals surface area contributed by atoms with E-state index in [2.05, 4.69) is 19.2 Å². The van der Waals surface area contributed by atoms with Crippen LogP contribution in [-0.2, 0) is 4.79 Å². The molecule has 0 aromatic carbocycles. The largest absolute Gasteiger partial charge is 0.315 e. The Balaban J connectivity index is 1.66. The Kier molecular flexibility index (Phi) is 2.50. The minimum atomic E-state index is -0.147. The molecule has 1 heterocycles. The number of carbonyl (C=O) groups excluding carboxylic acids is 1. The molecule has 5 fully saturated rings. The molecule has 1 saturated heterocycles. The zero-order valence-corrected chi connectivity index (χ0v) is 12.4. The van der Waals surface area contributed by atoms with Gasteiger partial charge in [0.2, 0.25) is 0 Å². The van der Waals surface area contributed by atoms with E-state index in [1.807, 2.05) is 0 Å². The molecule has 2 heteroatoms. The number of hydrogen-bond donors (Lipinski definition) is 1. The minimum Gasteiger partial charge on any atom is -0.315 e. The molecule has 0 amide bonds. The van der Waals surface area contributed by atoms with Crippen molar-refractivity contribution in [2.45, 2.75) is 52.4 Å². The van der Waals surface area contributed by atoms with Gasteiger partial charge in [-0.3, -0.25) is 4.79 Å². The van der Waals surface area contributed by atoms with Crippen LogP contribution in [0.5, 0.6) is 0 Å². The maximum absolute atomic E-state index is 12.9. The lowest BCUT2D eigenvalue weighted by atomic mass is 9.45. The molecule has 1 aliphatic heterocycles. The summed E-state index contributed by atoms with van der Waals surface area (Å²) in [7, 11) is 0. The first-order chi connectivity index (χ1) is 8.98. The van der Waals surface area contributed by atoms with Crippen molar-refractivity contribution in [1.29, 1.82) is 0 Å². The lowest BCUT2D eigenvalue weighted by Gasteiger charge is -2.60. The summed E-state index contributed by atoms with van der Waals surface area (Å²) in [5.41, 5.74) is 0.239. The molecule has 0 spiro atoms. The van der Waals surface area contributed by atoms with Crippen molar-refractivity contribution < 1.29 is 4.79 Å². The molecule has 2 nitrogen and oxygen atoms in total. The molecule has 4 saturated carbocycles. The first-order valence-electron chi connectivity index (χ1n) is 8.24. The number of hydrogen-bond acceptors (Lipinski definition) is 2. The summed E-state index contributed by atoms with van der Waals surface area (Å²) < 4.78 is 0. The summed E-state index contributed by atoms with van der Waals surface area (Å²) in [5.74, 6) is 3.72. The van der Waals surface area contributed by atoms with E-state index in [1.165, 1.54) is 38.5 Å². The Morgan fingerprint density at radius 1 is 1.00 bits per heavy atom. The summed E-state index contributed by atoms with van der Waals surface area (Å²) in [6, 6.07) is 0. The van der Waals surface area contributed by atoms with Crippen molar-refractivity contribution in [3.63, 3.8) is 0 Å². The SMILES string of the molecule is CC1(C)CNCC(C23CC4CC(CC(C4)C2)C3)C1=O. The van der Waals surface area contributed by atoms with Crippen molar-refractivity contribution >= 4 is 5.78 Å². The molecule has 1 unspecified atom stereocenters. The average molecular weight is 261 g/mol. The van der Waals surface area contributed by atoms with Crippen molar-refractivity contribution in [2.75, 3.05) is 13.1 Å². The van der Waals surface area contributed by atoms with Crippen LogP contribution in [-0.4, -0.2) is 18.9 Å². The summed E-state index contributed by atoms with van der Waals surface area (Å²) >= 11 is 0. The maximum Gasteiger partial charge on any atom is 0.144 e. The van der Waals surface area contributed by atoms with E-state index >= 15 is 0 Å². The quantitative estimate of drug-likeness (QED) is 0.786. The third kappa shape index (κ3) is 1.75. The molecular formula is C17H27NO. The number of piperidine rings is 1. The molecular weight excluding hydrogens is 234 g/mol. The van der Waals surface area contributed by atoms with Gasteiger partial charge in [0.15, 0.2) is 0 Å². The number of ketones is 1. The molecule has 4 bridgehead atoms. The maximum atomic E-state index is 12.9. The van der Waals surface area contributed by atoms with Crippen LogP contribution < -0.4 is 5.32 Å². The highest BCUT2D eigenvalue weighted by Crippen LogP contribution is 2.63. The van der Waals surface area contributed by atoms with Crippen LogP contribution in [0.2, 0.25) is 0 Å². The molecule has 5 rings (SSSR count). The number of rotatable bonds is 1. The second kappa shape index (κ2) is 3.84. The Hall–Kier alpha value is -0.370. The Bertz CT molecular complexity index is 376. The predicted octanol–water partition coefficient (Wildman–Crippen LogP) is 3.02. The number of Topliss-reactive ketones (excluding diaryl/α,β-unsaturated/α-hetero) is 1. The smallest absolute Gasteiger partial charge is 0.144 e. The zero-order chi connectivity index (χ0) is 13.3. The van der Waals surface area contributed by atoms with Gasteiger partial charge in [-0.2, -0.15) is 0 Å². The standard InChI is InChI=1S/C17H27NO/c1-16(2)10-18-9-14(15(16)19)17-6-11-3-12(7-17)5-13(4-11)8-17/h11-14,18H,3-10H2,1-2H3. The first kappa shape index (κ1) is 12.4. The first-order valence-corrected chi connectivity index (χ1v) is 8.24. The van der Waals surface area contributed by atoms with Gasteiger partial charge in [-0.15, -0.1) is 0 Å². The number of carbonyl (C=O) groups is 1. The van der Waals surface area contributed by atoms with E-state index in [0.717, 1.165) is 30.8 Å². The van der Waals surface area contributed by atoms with Crippen LogP contribution in [0.3, 0.4) is 0 Å². The summed E-state index contributed by atoms with van der Waals surface area (Å²) in [5, 5.41) is 3.56. The van der Waals surface area contributed by atoms with Gasteiger partial charge in [0.25, 0.3) is 0 Å². The third-order valence-corrected chi connectivity index (χ3v) is 6.72. The second-order valence-corrected chi connectivity index (χ2v) is 8.71. The Morgan fingerprint density at radius 2 is 1.53 bits per heavy atom. The van der Waals surface area contributed by atoms with Crippen LogP contribution in [0, 0.1) is 34.5 Å². The van der Waals surface area contributed by atoms with E-state index in [0.29, 0.717) is 17.1 Å². The van der Waals surface area contributed by atoms with Crippen molar-refractivity contribution in [3.8, 4) is 0 Å². The lowest BCUT2D eigenvalue weighted by Crippen LogP contribution is -2.59. The van der Waals surface area contributed by atoms with Crippen LogP contribution >= 0.6 is 0 Å². The molecule has 19 heavy (non-hydrogen) atoms. The van der Waals surface area contributed by atoms with E-state index in [4.69, 9.17) is 0 Å². The topological polar surface area (TPSA) is 29.1 Å². The number of nitrogens with one attached hydrogen (secondary N) is 1. The van der Waals surface area contributed by atoms with Gasteiger partial charge in [-0.05, 0) is 61.7 Å². The highest BCUT2D eigenvalue weighted by Gasteiger charge is 2.57. The predicted molar refractivity (Wildman–Crippen MR) is 75.8 cm³/mol. The molecule has 106 valence electrons. The lowest BCUT2D eigenvalue weighted by molar-refractivity contribution is -0.150. The minimum absolute atomic E-state index is 0.147. The Labute approximate surface area is 116 Å². The Morgan fingerprint density at radius 3 is 2.05 bits per heavy atom.